The van der Waals surface area contributed by atoms with Crippen LogP contribution in [-0.4, -0.2) is 18.5 Å². The van der Waals surface area contributed by atoms with Gasteiger partial charge in [0, 0.05) is 18.4 Å². The van der Waals surface area contributed by atoms with Crippen molar-refractivity contribution in [3.8, 4) is 0 Å². The Morgan fingerprint density at radius 2 is 2.00 bits per heavy atom. The van der Waals surface area contributed by atoms with E-state index in [1.165, 1.54) is 12.3 Å². The van der Waals surface area contributed by atoms with Crippen LogP contribution in [0.4, 0.5) is 0 Å². The fourth-order valence-electron chi connectivity index (χ4n) is 0.684. The van der Waals surface area contributed by atoms with Crippen LogP contribution in [0.15, 0.2) is 36.6 Å². The zero-order valence-electron chi connectivity index (χ0n) is 8.90. The van der Waals surface area contributed by atoms with Gasteiger partial charge in [0.2, 0.25) is 5.91 Å². The largest absolute Gasteiger partial charge is 0.463 e. The predicted molar refractivity (Wildman–Crippen MR) is 57.9 cm³/mol. The van der Waals surface area contributed by atoms with Gasteiger partial charge in [-0.15, -0.1) is 0 Å². The van der Waals surface area contributed by atoms with E-state index in [4.69, 9.17) is 0 Å². The van der Waals surface area contributed by atoms with Crippen molar-refractivity contribution in [1.29, 1.82) is 0 Å². The summed E-state index contributed by atoms with van der Waals surface area (Å²) in [4.78, 5) is 21.8. The third kappa shape index (κ3) is 8.49. The molecule has 0 aliphatic heterocycles. The first-order valence-corrected chi connectivity index (χ1v) is 4.63. The molecule has 0 rings (SSSR count). The third-order valence-electron chi connectivity index (χ3n) is 1.28. The first-order valence-electron chi connectivity index (χ1n) is 4.63. The Hall–Kier alpha value is -1.84. The van der Waals surface area contributed by atoms with Gasteiger partial charge >= 0.3 is 5.97 Å². The van der Waals surface area contributed by atoms with E-state index in [2.05, 4.69) is 10.1 Å². The molecule has 1 amide bonds. The number of esters is 1. The van der Waals surface area contributed by atoms with Gasteiger partial charge in [-0.2, -0.15) is 0 Å². The minimum atomic E-state index is -0.477. The molecule has 0 saturated carbocycles. The number of allylic oxidation sites excluding steroid dienone is 3. The quantitative estimate of drug-likeness (QED) is 0.422. The number of hydrogen-bond acceptors (Lipinski definition) is 3. The molecule has 4 heteroatoms. The van der Waals surface area contributed by atoms with Gasteiger partial charge in [-0.25, -0.2) is 4.79 Å². The number of carbonyl (C=O) groups is 2. The standard InChI is InChI=1S/C11H15NO3/c1-3-5-6-7-10(13)12-9-8-11(14)15-4-2/h3,5-9H,4H2,1-2H3,(H,12,13)/b5-3+,7-6+,9-8-. The molecule has 0 aliphatic rings. The Bertz CT molecular complexity index is 290. The van der Waals surface area contributed by atoms with Gasteiger partial charge in [0.1, 0.15) is 0 Å². The molecular formula is C11H15NO3. The molecule has 0 aromatic heterocycles. The molecule has 0 aromatic rings. The van der Waals surface area contributed by atoms with Crippen molar-refractivity contribution in [2.75, 3.05) is 6.61 Å². The van der Waals surface area contributed by atoms with Crippen LogP contribution in [-0.2, 0) is 14.3 Å². The van der Waals surface area contributed by atoms with Crippen LogP contribution in [0.2, 0.25) is 0 Å². The number of carbonyl (C=O) groups excluding carboxylic acids is 2. The van der Waals surface area contributed by atoms with Gasteiger partial charge in [-0.05, 0) is 13.8 Å². The molecule has 0 radical (unpaired) electrons. The molecule has 0 fully saturated rings. The Labute approximate surface area is 89.3 Å². The highest BCUT2D eigenvalue weighted by atomic mass is 16.5. The zero-order chi connectivity index (χ0) is 11.5. The van der Waals surface area contributed by atoms with Crippen LogP contribution in [0.25, 0.3) is 0 Å². The van der Waals surface area contributed by atoms with Gasteiger partial charge in [0.25, 0.3) is 0 Å². The molecule has 15 heavy (non-hydrogen) atoms. The molecule has 0 bridgehead atoms. The number of nitrogens with one attached hydrogen (secondary N) is 1. The fraction of sp³-hybridized carbons (Fsp3) is 0.273. The summed E-state index contributed by atoms with van der Waals surface area (Å²) in [6.07, 6.45) is 8.90. The lowest BCUT2D eigenvalue weighted by atomic mass is 10.4. The summed E-state index contributed by atoms with van der Waals surface area (Å²) in [6.45, 7) is 3.88. The second kappa shape index (κ2) is 8.74. The number of ether oxygens (including phenoxy) is 1. The molecule has 0 unspecified atom stereocenters. The average molecular weight is 209 g/mol. The van der Waals surface area contributed by atoms with E-state index in [0.29, 0.717) is 6.61 Å². The summed E-state index contributed by atoms with van der Waals surface area (Å²) < 4.78 is 4.62. The van der Waals surface area contributed by atoms with Gasteiger partial charge in [-0.3, -0.25) is 4.79 Å². The monoisotopic (exact) mass is 209 g/mol. The second-order valence-electron chi connectivity index (χ2n) is 2.48. The third-order valence-corrected chi connectivity index (χ3v) is 1.28. The van der Waals surface area contributed by atoms with Crippen molar-refractivity contribution in [2.45, 2.75) is 13.8 Å². The van der Waals surface area contributed by atoms with E-state index in [-0.39, 0.29) is 5.91 Å². The summed E-state index contributed by atoms with van der Waals surface area (Å²) in [6, 6.07) is 0. The normalized spacial score (nSPS) is 11.3. The van der Waals surface area contributed by atoms with E-state index in [9.17, 15) is 9.59 Å². The Balaban J connectivity index is 3.84. The average Bonchev–Trinajstić information content (AvgIpc) is 2.18. The van der Waals surface area contributed by atoms with Crippen molar-refractivity contribution in [1.82, 2.24) is 5.32 Å². The SMILES string of the molecule is C/C=C/C=C/C(=O)N/C=C\C(=O)OCC. The fourth-order valence-corrected chi connectivity index (χ4v) is 0.684. The van der Waals surface area contributed by atoms with Crippen LogP contribution in [0.3, 0.4) is 0 Å². The zero-order valence-corrected chi connectivity index (χ0v) is 8.90. The highest BCUT2D eigenvalue weighted by molar-refractivity contribution is 5.89. The molecule has 0 aliphatic carbocycles. The molecular weight excluding hydrogens is 194 g/mol. The summed E-state index contributed by atoms with van der Waals surface area (Å²) in [5.74, 6) is -0.774. The highest BCUT2D eigenvalue weighted by Gasteiger charge is 1.93. The minimum absolute atomic E-state index is 0.298. The van der Waals surface area contributed by atoms with Crippen LogP contribution in [0.5, 0.6) is 0 Å². The maximum Gasteiger partial charge on any atom is 0.332 e. The lowest BCUT2D eigenvalue weighted by molar-refractivity contribution is -0.137. The molecule has 0 spiro atoms. The van der Waals surface area contributed by atoms with Gasteiger partial charge < -0.3 is 10.1 Å². The number of hydrogen-bond donors (Lipinski definition) is 1. The maximum absolute atomic E-state index is 11.0. The van der Waals surface area contributed by atoms with Crippen molar-refractivity contribution >= 4 is 11.9 Å². The van der Waals surface area contributed by atoms with Gasteiger partial charge in [0.15, 0.2) is 0 Å². The molecule has 0 saturated heterocycles. The molecule has 0 atom stereocenters. The minimum Gasteiger partial charge on any atom is -0.463 e. The summed E-state index contributed by atoms with van der Waals surface area (Å²) in [5.41, 5.74) is 0. The lowest BCUT2D eigenvalue weighted by Gasteiger charge is -1.95. The highest BCUT2D eigenvalue weighted by Crippen LogP contribution is 1.81. The molecule has 0 heterocycles. The van der Waals surface area contributed by atoms with Crippen molar-refractivity contribution in [3.63, 3.8) is 0 Å². The lowest BCUT2D eigenvalue weighted by Crippen LogP contribution is -2.14. The topological polar surface area (TPSA) is 55.4 Å². The van der Waals surface area contributed by atoms with Crippen LogP contribution < -0.4 is 5.32 Å². The van der Waals surface area contributed by atoms with Crippen molar-refractivity contribution < 1.29 is 14.3 Å². The van der Waals surface area contributed by atoms with Gasteiger partial charge in [0.05, 0.1) is 6.61 Å². The summed E-state index contributed by atoms with van der Waals surface area (Å²) in [7, 11) is 0. The van der Waals surface area contributed by atoms with E-state index in [1.54, 1.807) is 25.2 Å². The van der Waals surface area contributed by atoms with Crippen molar-refractivity contribution in [2.24, 2.45) is 0 Å². The number of rotatable bonds is 5. The second-order valence-corrected chi connectivity index (χ2v) is 2.48. The van der Waals surface area contributed by atoms with Gasteiger partial charge in [-0.1, -0.05) is 18.2 Å². The predicted octanol–water partition coefficient (Wildman–Crippen LogP) is 1.31. The Kier molecular flexibility index (Phi) is 7.67. The Morgan fingerprint density at radius 1 is 1.27 bits per heavy atom. The Morgan fingerprint density at radius 3 is 2.60 bits per heavy atom. The van der Waals surface area contributed by atoms with E-state index in [0.717, 1.165) is 6.08 Å². The summed E-state index contributed by atoms with van der Waals surface area (Å²) in [5, 5.41) is 2.39. The van der Waals surface area contributed by atoms with E-state index < -0.39 is 5.97 Å². The molecule has 4 nitrogen and oxygen atoms in total. The van der Waals surface area contributed by atoms with E-state index >= 15 is 0 Å². The smallest absolute Gasteiger partial charge is 0.332 e. The first-order chi connectivity index (χ1) is 7.20. The maximum atomic E-state index is 11.0. The molecule has 0 aromatic carbocycles. The molecule has 82 valence electrons. The first kappa shape index (κ1) is 13.2. The molecule has 1 N–H and O–H groups in total. The van der Waals surface area contributed by atoms with Crippen LogP contribution in [0, 0.1) is 0 Å². The summed E-state index contributed by atoms with van der Waals surface area (Å²) >= 11 is 0. The number of amides is 1. The van der Waals surface area contributed by atoms with Crippen LogP contribution in [0.1, 0.15) is 13.8 Å². The van der Waals surface area contributed by atoms with Crippen LogP contribution >= 0.6 is 0 Å². The van der Waals surface area contributed by atoms with E-state index in [1.807, 2.05) is 6.92 Å². The van der Waals surface area contributed by atoms with Crippen molar-refractivity contribution in [3.05, 3.63) is 36.6 Å².